The van der Waals surface area contributed by atoms with Gasteiger partial charge in [-0.2, -0.15) is 0 Å². The standard InChI is InChI=1S/C16H19FN2/c1-10-4-5-14(18)15(6-10)19-9-13-7-11(2)16(17)12(3)8-13/h4-8,19H,9,18H2,1-3H3. The van der Waals surface area contributed by atoms with E-state index in [1.54, 1.807) is 13.8 Å². The highest BCUT2D eigenvalue weighted by Crippen LogP contribution is 2.21. The molecule has 0 aliphatic carbocycles. The van der Waals surface area contributed by atoms with Gasteiger partial charge in [0, 0.05) is 6.54 Å². The van der Waals surface area contributed by atoms with Gasteiger partial charge in [-0.3, -0.25) is 0 Å². The monoisotopic (exact) mass is 258 g/mol. The van der Waals surface area contributed by atoms with Crippen molar-refractivity contribution in [3.63, 3.8) is 0 Å². The van der Waals surface area contributed by atoms with Gasteiger partial charge in [0.1, 0.15) is 5.82 Å². The highest BCUT2D eigenvalue weighted by molar-refractivity contribution is 5.67. The van der Waals surface area contributed by atoms with Crippen molar-refractivity contribution in [2.75, 3.05) is 11.1 Å². The molecule has 0 heterocycles. The van der Waals surface area contributed by atoms with Crippen LogP contribution in [0.25, 0.3) is 0 Å². The van der Waals surface area contributed by atoms with E-state index in [-0.39, 0.29) is 5.82 Å². The maximum atomic E-state index is 13.6. The molecule has 3 N–H and O–H groups in total. The highest BCUT2D eigenvalue weighted by Gasteiger charge is 2.05. The van der Waals surface area contributed by atoms with E-state index in [0.717, 1.165) is 22.5 Å². The molecule has 0 saturated carbocycles. The van der Waals surface area contributed by atoms with Gasteiger partial charge in [0.25, 0.3) is 0 Å². The third-order valence-electron chi connectivity index (χ3n) is 3.19. The van der Waals surface area contributed by atoms with Crippen LogP contribution in [-0.2, 0) is 6.54 Å². The predicted octanol–water partition coefficient (Wildman–Crippen LogP) is 3.95. The normalized spacial score (nSPS) is 10.5. The first-order valence-corrected chi connectivity index (χ1v) is 6.33. The summed E-state index contributed by atoms with van der Waals surface area (Å²) in [6.45, 7) is 6.23. The summed E-state index contributed by atoms with van der Waals surface area (Å²) in [6, 6.07) is 9.60. The molecule has 0 unspecified atom stereocenters. The lowest BCUT2D eigenvalue weighted by atomic mass is 10.1. The van der Waals surface area contributed by atoms with E-state index < -0.39 is 0 Å². The Morgan fingerprint density at radius 2 is 1.68 bits per heavy atom. The summed E-state index contributed by atoms with van der Waals surface area (Å²) in [4.78, 5) is 0. The summed E-state index contributed by atoms with van der Waals surface area (Å²) in [7, 11) is 0. The SMILES string of the molecule is Cc1ccc(N)c(NCc2cc(C)c(F)c(C)c2)c1. The van der Waals surface area contributed by atoms with Crippen LogP contribution in [-0.4, -0.2) is 0 Å². The molecule has 2 aromatic carbocycles. The number of rotatable bonds is 3. The predicted molar refractivity (Wildman–Crippen MR) is 78.8 cm³/mol. The number of anilines is 2. The van der Waals surface area contributed by atoms with Crippen LogP contribution in [0.5, 0.6) is 0 Å². The Bertz CT molecular complexity index is 583. The minimum Gasteiger partial charge on any atom is -0.397 e. The van der Waals surface area contributed by atoms with Gasteiger partial charge in [0.05, 0.1) is 11.4 Å². The summed E-state index contributed by atoms with van der Waals surface area (Å²) < 4.78 is 13.6. The maximum Gasteiger partial charge on any atom is 0.129 e. The van der Waals surface area contributed by atoms with Gasteiger partial charge in [-0.05, 0) is 55.2 Å². The Balaban J connectivity index is 2.17. The van der Waals surface area contributed by atoms with E-state index in [2.05, 4.69) is 5.32 Å². The van der Waals surface area contributed by atoms with E-state index in [1.165, 1.54) is 0 Å². The van der Waals surface area contributed by atoms with Gasteiger partial charge in [-0.25, -0.2) is 4.39 Å². The largest absolute Gasteiger partial charge is 0.397 e. The third kappa shape index (κ3) is 3.05. The Morgan fingerprint density at radius 3 is 2.32 bits per heavy atom. The van der Waals surface area contributed by atoms with Crippen molar-refractivity contribution < 1.29 is 4.39 Å². The van der Waals surface area contributed by atoms with Crippen LogP contribution in [0.2, 0.25) is 0 Å². The van der Waals surface area contributed by atoms with Crippen LogP contribution in [0, 0.1) is 26.6 Å². The molecule has 100 valence electrons. The Hall–Kier alpha value is -2.03. The molecule has 0 spiro atoms. The van der Waals surface area contributed by atoms with Crippen molar-refractivity contribution in [2.45, 2.75) is 27.3 Å². The number of nitrogens with two attached hydrogens (primary N) is 1. The lowest BCUT2D eigenvalue weighted by molar-refractivity contribution is 0.608. The zero-order valence-corrected chi connectivity index (χ0v) is 11.5. The van der Waals surface area contributed by atoms with Crippen molar-refractivity contribution in [2.24, 2.45) is 0 Å². The first-order chi connectivity index (χ1) is 8.97. The zero-order chi connectivity index (χ0) is 14.0. The number of nitrogens with one attached hydrogen (secondary N) is 1. The van der Waals surface area contributed by atoms with E-state index in [4.69, 9.17) is 5.73 Å². The summed E-state index contributed by atoms with van der Waals surface area (Å²) >= 11 is 0. The first kappa shape index (κ1) is 13.4. The quantitative estimate of drug-likeness (QED) is 0.818. The zero-order valence-electron chi connectivity index (χ0n) is 11.5. The number of aryl methyl sites for hydroxylation is 3. The molecule has 0 aliphatic rings. The van der Waals surface area contributed by atoms with Crippen LogP contribution in [0.15, 0.2) is 30.3 Å². The fourth-order valence-electron chi connectivity index (χ4n) is 2.16. The van der Waals surface area contributed by atoms with Gasteiger partial charge in [0.15, 0.2) is 0 Å². The smallest absolute Gasteiger partial charge is 0.129 e. The van der Waals surface area contributed by atoms with E-state index in [1.807, 2.05) is 37.3 Å². The average molecular weight is 258 g/mol. The molecule has 3 heteroatoms. The molecule has 0 bridgehead atoms. The second-order valence-electron chi connectivity index (χ2n) is 4.99. The molecule has 0 aliphatic heterocycles. The van der Waals surface area contributed by atoms with Crippen molar-refractivity contribution in [1.29, 1.82) is 0 Å². The summed E-state index contributed by atoms with van der Waals surface area (Å²) in [5.74, 6) is -0.126. The summed E-state index contributed by atoms with van der Waals surface area (Å²) in [6.07, 6.45) is 0. The number of hydrogen-bond acceptors (Lipinski definition) is 2. The molecule has 0 amide bonds. The van der Waals surface area contributed by atoms with E-state index >= 15 is 0 Å². The van der Waals surface area contributed by atoms with Gasteiger partial charge in [0.2, 0.25) is 0 Å². The second-order valence-corrected chi connectivity index (χ2v) is 4.99. The lowest BCUT2D eigenvalue weighted by Crippen LogP contribution is -2.04. The molecule has 0 aromatic heterocycles. The van der Waals surface area contributed by atoms with E-state index in [0.29, 0.717) is 17.7 Å². The summed E-state index contributed by atoms with van der Waals surface area (Å²) in [5, 5.41) is 3.30. The third-order valence-corrected chi connectivity index (χ3v) is 3.19. The number of nitrogen functional groups attached to an aromatic ring is 1. The van der Waals surface area contributed by atoms with Crippen LogP contribution in [0.4, 0.5) is 15.8 Å². The second kappa shape index (κ2) is 5.31. The molecule has 0 radical (unpaired) electrons. The van der Waals surface area contributed by atoms with Crippen LogP contribution in [0.3, 0.4) is 0 Å². The molecule has 2 rings (SSSR count). The molecular formula is C16H19FN2. The van der Waals surface area contributed by atoms with Crippen molar-refractivity contribution >= 4 is 11.4 Å². The molecule has 0 saturated heterocycles. The molecule has 0 atom stereocenters. The molecule has 2 nitrogen and oxygen atoms in total. The Labute approximate surface area is 113 Å². The van der Waals surface area contributed by atoms with Crippen molar-refractivity contribution in [3.8, 4) is 0 Å². The van der Waals surface area contributed by atoms with E-state index in [9.17, 15) is 4.39 Å². The lowest BCUT2D eigenvalue weighted by Gasteiger charge is -2.12. The molecule has 0 fully saturated rings. The minimum absolute atomic E-state index is 0.126. The number of benzene rings is 2. The maximum absolute atomic E-state index is 13.6. The van der Waals surface area contributed by atoms with Crippen LogP contribution >= 0.6 is 0 Å². The molecule has 2 aromatic rings. The van der Waals surface area contributed by atoms with Gasteiger partial charge in [-0.15, -0.1) is 0 Å². The topological polar surface area (TPSA) is 38.0 Å². The fraction of sp³-hybridized carbons (Fsp3) is 0.250. The highest BCUT2D eigenvalue weighted by atomic mass is 19.1. The average Bonchev–Trinajstić information content (AvgIpc) is 2.37. The number of halogens is 1. The summed E-state index contributed by atoms with van der Waals surface area (Å²) in [5.41, 5.74) is 11.1. The molecular weight excluding hydrogens is 239 g/mol. The fourth-order valence-corrected chi connectivity index (χ4v) is 2.16. The van der Waals surface area contributed by atoms with Crippen molar-refractivity contribution in [3.05, 3.63) is 58.4 Å². The molecule has 19 heavy (non-hydrogen) atoms. The minimum atomic E-state index is -0.126. The van der Waals surface area contributed by atoms with Gasteiger partial charge >= 0.3 is 0 Å². The Kier molecular flexibility index (Phi) is 3.74. The number of hydrogen-bond donors (Lipinski definition) is 2. The van der Waals surface area contributed by atoms with Gasteiger partial charge in [-0.1, -0.05) is 18.2 Å². The van der Waals surface area contributed by atoms with Crippen LogP contribution in [0.1, 0.15) is 22.3 Å². The van der Waals surface area contributed by atoms with Crippen molar-refractivity contribution in [1.82, 2.24) is 0 Å². The Morgan fingerprint density at radius 1 is 1.05 bits per heavy atom. The van der Waals surface area contributed by atoms with Gasteiger partial charge < -0.3 is 11.1 Å². The van der Waals surface area contributed by atoms with Crippen LogP contribution < -0.4 is 11.1 Å². The first-order valence-electron chi connectivity index (χ1n) is 6.33.